The average molecular weight is 216 g/mol. The first-order valence-corrected chi connectivity index (χ1v) is 5.43. The molecule has 1 saturated heterocycles. The van der Waals surface area contributed by atoms with E-state index >= 15 is 0 Å². The summed E-state index contributed by atoms with van der Waals surface area (Å²) in [5, 5.41) is 2.80. The quantitative estimate of drug-likeness (QED) is 0.292. The van der Waals surface area contributed by atoms with Crippen molar-refractivity contribution >= 4 is 24.9 Å². The van der Waals surface area contributed by atoms with Gasteiger partial charge in [0.2, 0.25) is 12.3 Å². The molecule has 1 fully saturated rings. The summed E-state index contributed by atoms with van der Waals surface area (Å²) >= 11 is 4.15. The molecule has 5 heteroatoms. The lowest BCUT2D eigenvalue weighted by molar-refractivity contribution is -0.151. The van der Waals surface area contributed by atoms with Crippen LogP contribution in [0.3, 0.4) is 0 Å². The average Bonchev–Trinajstić information content (AvgIpc) is 2.18. The second-order valence-corrected chi connectivity index (χ2v) is 3.93. The van der Waals surface area contributed by atoms with Crippen LogP contribution in [0.15, 0.2) is 0 Å². The maximum Gasteiger partial charge on any atom is 0.250 e. The molecule has 0 spiro atoms. The number of thiol groups is 1. The minimum Gasteiger partial charge on any atom is -0.303 e. The number of amides is 2. The minimum absolute atomic E-state index is 0.170. The molecule has 2 unspecified atom stereocenters. The van der Waals surface area contributed by atoms with Gasteiger partial charge in [0.25, 0.3) is 0 Å². The van der Waals surface area contributed by atoms with Crippen LogP contribution in [-0.4, -0.2) is 35.2 Å². The van der Waals surface area contributed by atoms with Gasteiger partial charge >= 0.3 is 0 Å². The van der Waals surface area contributed by atoms with Crippen molar-refractivity contribution < 1.29 is 9.59 Å². The lowest BCUT2D eigenvalue weighted by atomic mass is 10.1. The Kier molecular flexibility index (Phi) is 4.41. The summed E-state index contributed by atoms with van der Waals surface area (Å²) in [6.45, 7) is 2.94. The van der Waals surface area contributed by atoms with E-state index in [9.17, 15) is 9.59 Å². The molecule has 0 radical (unpaired) electrons. The second-order valence-electron chi connectivity index (χ2n) is 3.40. The van der Waals surface area contributed by atoms with Gasteiger partial charge in [-0.1, -0.05) is 19.8 Å². The molecule has 0 aromatic carbocycles. The highest BCUT2D eigenvalue weighted by atomic mass is 32.1. The third-order valence-electron chi connectivity index (χ3n) is 2.36. The Morgan fingerprint density at radius 2 is 2.29 bits per heavy atom. The number of imide groups is 1. The van der Waals surface area contributed by atoms with E-state index < -0.39 is 0 Å². The van der Waals surface area contributed by atoms with E-state index in [1.807, 2.05) is 0 Å². The van der Waals surface area contributed by atoms with Crippen molar-refractivity contribution in [1.29, 1.82) is 0 Å². The maximum atomic E-state index is 11.3. The van der Waals surface area contributed by atoms with Crippen molar-refractivity contribution in [3.63, 3.8) is 0 Å². The van der Waals surface area contributed by atoms with Crippen LogP contribution in [-0.2, 0) is 9.59 Å². The Hall–Kier alpha value is -0.550. The summed E-state index contributed by atoms with van der Waals surface area (Å²) in [5.41, 5.74) is 0. The molecule has 4 nitrogen and oxygen atoms in total. The molecule has 0 aliphatic carbocycles. The number of rotatable bonds is 6. The second kappa shape index (κ2) is 5.36. The van der Waals surface area contributed by atoms with E-state index in [0.29, 0.717) is 6.41 Å². The van der Waals surface area contributed by atoms with Crippen molar-refractivity contribution in [3.05, 3.63) is 0 Å². The molecule has 1 heterocycles. The molecule has 1 rings (SSSR count). The van der Waals surface area contributed by atoms with Crippen LogP contribution in [0.4, 0.5) is 0 Å². The lowest BCUT2D eigenvalue weighted by Gasteiger charge is -2.40. The molecule has 0 bridgehead atoms. The number of hydrogen-bond acceptors (Lipinski definition) is 4. The van der Waals surface area contributed by atoms with Gasteiger partial charge in [-0.25, -0.2) is 0 Å². The van der Waals surface area contributed by atoms with Gasteiger partial charge in [0.05, 0.1) is 0 Å². The van der Waals surface area contributed by atoms with Gasteiger partial charge in [0.15, 0.2) is 0 Å². The Morgan fingerprint density at radius 1 is 1.57 bits per heavy atom. The zero-order valence-electron chi connectivity index (χ0n) is 8.27. The predicted molar refractivity (Wildman–Crippen MR) is 57.0 cm³/mol. The Balaban J connectivity index is 2.20. The summed E-state index contributed by atoms with van der Waals surface area (Å²) in [7, 11) is 0. The SMILES string of the molecule is CCCCCNC1C(=O)N(C=O)C1S. The molecule has 2 amide bonds. The maximum absolute atomic E-state index is 11.3. The number of likely N-dealkylation sites (tertiary alicyclic amines) is 1. The number of β-lactam (4-membered cyclic amide) rings is 1. The normalized spacial score (nSPS) is 26.1. The number of carbonyl (C=O) groups excluding carboxylic acids is 2. The number of nitrogens with one attached hydrogen (secondary N) is 1. The standard InChI is InChI=1S/C9H16N2O2S/c1-2-3-4-5-10-7-8(13)11(6-12)9(7)14/h6-7,9-10,14H,2-5H2,1H3. The Morgan fingerprint density at radius 3 is 2.79 bits per heavy atom. The number of nitrogens with zero attached hydrogens (tertiary/aromatic N) is 1. The molecule has 1 N–H and O–H groups in total. The molecule has 1 aliphatic heterocycles. The smallest absolute Gasteiger partial charge is 0.250 e. The molecular weight excluding hydrogens is 200 g/mol. The Bertz CT molecular complexity index is 223. The van der Waals surface area contributed by atoms with Crippen LogP contribution in [0.5, 0.6) is 0 Å². The van der Waals surface area contributed by atoms with Gasteiger partial charge in [0.1, 0.15) is 11.4 Å². The van der Waals surface area contributed by atoms with Gasteiger partial charge < -0.3 is 5.32 Å². The molecule has 2 atom stereocenters. The van der Waals surface area contributed by atoms with E-state index in [1.54, 1.807) is 0 Å². The van der Waals surface area contributed by atoms with Crippen molar-refractivity contribution in [2.75, 3.05) is 6.54 Å². The van der Waals surface area contributed by atoms with Gasteiger partial charge in [0, 0.05) is 0 Å². The van der Waals surface area contributed by atoms with Crippen LogP contribution < -0.4 is 5.32 Å². The van der Waals surface area contributed by atoms with Gasteiger partial charge in [-0.05, 0) is 13.0 Å². The first-order valence-electron chi connectivity index (χ1n) is 4.91. The van der Waals surface area contributed by atoms with E-state index in [-0.39, 0.29) is 17.3 Å². The molecule has 80 valence electrons. The van der Waals surface area contributed by atoms with Crippen molar-refractivity contribution in [2.24, 2.45) is 0 Å². The predicted octanol–water partition coefficient (Wildman–Crippen LogP) is 0.389. The van der Waals surface area contributed by atoms with Crippen LogP contribution in [0, 0.1) is 0 Å². The molecule has 1 aliphatic rings. The summed E-state index contributed by atoms with van der Waals surface area (Å²) in [5.74, 6) is -0.170. The highest BCUT2D eigenvalue weighted by Crippen LogP contribution is 2.20. The summed E-state index contributed by atoms with van der Waals surface area (Å²) < 4.78 is 0. The van der Waals surface area contributed by atoms with Gasteiger partial charge in [-0.15, -0.1) is 0 Å². The van der Waals surface area contributed by atoms with E-state index in [4.69, 9.17) is 0 Å². The minimum atomic E-state index is -0.290. The fourth-order valence-corrected chi connectivity index (χ4v) is 1.84. The van der Waals surface area contributed by atoms with Crippen LogP contribution in [0.1, 0.15) is 26.2 Å². The third-order valence-corrected chi connectivity index (χ3v) is 2.91. The lowest BCUT2D eigenvalue weighted by Crippen LogP contribution is -2.67. The zero-order chi connectivity index (χ0) is 10.6. The number of carbonyl (C=O) groups is 2. The molecular formula is C9H16N2O2S. The number of unbranched alkanes of at least 4 members (excludes halogenated alkanes) is 2. The molecule has 0 saturated carbocycles. The molecule has 0 aromatic rings. The first-order chi connectivity index (χ1) is 6.72. The van der Waals surface area contributed by atoms with Crippen molar-refractivity contribution in [1.82, 2.24) is 10.2 Å². The van der Waals surface area contributed by atoms with Crippen molar-refractivity contribution in [2.45, 2.75) is 37.6 Å². The van der Waals surface area contributed by atoms with E-state index in [1.165, 1.54) is 0 Å². The highest BCUT2D eigenvalue weighted by molar-refractivity contribution is 7.81. The van der Waals surface area contributed by atoms with Crippen LogP contribution in [0.2, 0.25) is 0 Å². The van der Waals surface area contributed by atoms with Gasteiger partial charge in [-0.2, -0.15) is 12.6 Å². The van der Waals surface area contributed by atoms with E-state index in [2.05, 4.69) is 24.9 Å². The fraction of sp³-hybridized carbons (Fsp3) is 0.778. The topological polar surface area (TPSA) is 49.4 Å². The van der Waals surface area contributed by atoms with Crippen LogP contribution in [0.25, 0.3) is 0 Å². The third kappa shape index (κ3) is 2.27. The Labute approximate surface area is 89.4 Å². The van der Waals surface area contributed by atoms with E-state index in [0.717, 1.165) is 30.7 Å². The molecule has 14 heavy (non-hydrogen) atoms. The largest absolute Gasteiger partial charge is 0.303 e. The van der Waals surface area contributed by atoms with Gasteiger partial charge in [-0.3, -0.25) is 14.5 Å². The van der Waals surface area contributed by atoms with Crippen LogP contribution >= 0.6 is 12.6 Å². The summed E-state index contributed by atoms with van der Waals surface area (Å²) in [6, 6.07) is -0.277. The summed E-state index contributed by atoms with van der Waals surface area (Å²) in [4.78, 5) is 22.7. The van der Waals surface area contributed by atoms with Crippen molar-refractivity contribution in [3.8, 4) is 0 Å². The summed E-state index contributed by atoms with van der Waals surface area (Å²) in [6.07, 6.45) is 3.90. The molecule has 0 aromatic heterocycles. The first kappa shape index (κ1) is 11.5. The number of hydrogen-bond donors (Lipinski definition) is 2. The zero-order valence-corrected chi connectivity index (χ0v) is 9.17. The monoisotopic (exact) mass is 216 g/mol. The highest BCUT2D eigenvalue weighted by Gasteiger charge is 2.44. The fourth-order valence-electron chi connectivity index (χ4n) is 1.44.